The lowest BCUT2D eigenvalue weighted by molar-refractivity contribution is 0.445. The zero-order valence-corrected chi connectivity index (χ0v) is 39.4. The number of para-hydroxylation sites is 4. The molecule has 10 aromatic carbocycles. The van der Waals surface area contributed by atoms with Crippen molar-refractivity contribution in [1.82, 2.24) is 4.57 Å². The largest absolute Gasteiger partial charge is 0.309 e. The van der Waals surface area contributed by atoms with Gasteiger partial charge in [0.25, 0.3) is 0 Å². The number of aromatic nitrogens is 1. The minimum absolute atomic E-state index is 0.111. The Hall–Kier alpha value is -7.94. The van der Waals surface area contributed by atoms with E-state index in [0.717, 1.165) is 22.7 Å². The van der Waals surface area contributed by atoms with Crippen molar-refractivity contribution in [2.45, 2.75) is 57.3 Å². The monoisotopic (exact) mass is 886 g/mol. The third kappa shape index (κ3) is 6.68. The minimum atomic E-state index is -0.111. The lowest BCUT2D eigenvalue weighted by atomic mass is 9.80. The van der Waals surface area contributed by atoms with Gasteiger partial charge >= 0.3 is 0 Å². The van der Waals surface area contributed by atoms with Gasteiger partial charge in [0.05, 0.1) is 22.4 Å². The number of hydrogen-bond acceptors (Lipinski definition) is 1. The van der Waals surface area contributed by atoms with Crippen molar-refractivity contribution in [2.75, 3.05) is 4.90 Å². The van der Waals surface area contributed by atoms with Crippen LogP contribution in [0.25, 0.3) is 82.8 Å². The van der Waals surface area contributed by atoms with Crippen LogP contribution in [0.4, 0.5) is 17.1 Å². The molecule has 2 heteroatoms. The lowest BCUT2D eigenvalue weighted by Crippen LogP contribution is -2.15. The van der Waals surface area contributed by atoms with E-state index in [1.807, 2.05) is 0 Å². The summed E-state index contributed by atoms with van der Waals surface area (Å²) in [5, 5.41) is 5.22. The molecule has 332 valence electrons. The first-order valence-corrected chi connectivity index (χ1v) is 25.0. The SMILES string of the molecule is CC1(C)c2ccccc2-c2c(-c3ccccc3N(c3ccc(-c4cccc5c4c4ccccc4n5-c4ccccc4)cc3)c3ccccc3-c3cccc4cccc(C5CCCCC5)c34)cccc21. The highest BCUT2D eigenvalue weighted by molar-refractivity contribution is 6.16. The molecular formula is C67H54N2. The summed E-state index contributed by atoms with van der Waals surface area (Å²) in [5.74, 6) is 0.568. The highest BCUT2D eigenvalue weighted by Crippen LogP contribution is 2.55. The van der Waals surface area contributed by atoms with Crippen LogP contribution in [-0.4, -0.2) is 4.57 Å². The molecular weight excluding hydrogens is 833 g/mol. The van der Waals surface area contributed by atoms with Gasteiger partial charge in [-0.25, -0.2) is 0 Å². The Labute approximate surface area is 405 Å². The number of hydrogen-bond donors (Lipinski definition) is 0. The maximum atomic E-state index is 2.55. The van der Waals surface area contributed by atoms with Gasteiger partial charge in [-0.2, -0.15) is 0 Å². The number of anilines is 3. The normalized spacial score (nSPS) is 14.3. The molecule has 0 atom stereocenters. The van der Waals surface area contributed by atoms with E-state index < -0.39 is 0 Å². The van der Waals surface area contributed by atoms with Crippen LogP contribution < -0.4 is 4.90 Å². The molecule has 0 radical (unpaired) electrons. The molecule has 1 saturated carbocycles. The van der Waals surface area contributed by atoms with Gasteiger partial charge in [0, 0.05) is 38.7 Å². The molecule has 0 bridgehead atoms. The van der Waals surface area contributed by atoms with Crippen molar-refractivity contribution in [3.05, 3.63) is 241 Å². The van der Waals surface area contributed by atoms with Crippen molar-refractivity contribution in [3.63, 3.8) is 0 Å². The average Bonchev–Trinajstić information content (AvgIpc) is 3.88. The molecule has 2 aliphatic rings. The van der Waals surface area contributed by atoms with Crippen LogP contribution in [0.3, 0.4) is 0 Å². The zero-order chi connectivity index (χ0) is 46.1. The van der Waals surface area contributed by atoms with E-state index in [0.29, 0.717) is 5.92 Å². The molecule has 2 aliphatic carbocycles. The molecule has 0 unspecified atom stereocenters. The minimum Gasteiger partial charge on any atom is -0.309 e. The average molecular weight is 887 g/mol. The van der Waals surface area contributed by atoms with Gasteiger partial charge in [-0.3, -0.25) is 0 Å². The first-order valence-electron chi connectivity index (χ1n) is 25.0. The topological polar surface area (TPSA) is 8.17 Å². The number of benzene rings is 10. The number of rotatable bonds is 8. The third-order valence-corrected chi connectivity index (χ3v) is 15.6. The smallest absolute Gasteiger partial charge is 0.0547 e. The maximum Gasteiger partial charge on any atom is 0.0547 e. The highest BCUT2D eigenvalue weighted by atomic mass is 15.1. The number of nitrogens with zero attached hydrogens (tertiary/aromatic N) is 2. The summed E-state index contributed by atoms with van der Waals surface area (Å²) in [7, 11) is 0. The maximum absolute atomic E-state index is 2.55. The van der Waals surface area contributed by atoms with E-state index in [9.17, 15) is 0 Å². The van der Waals surface area contributed by atoms with Crippen molar-refractivity contribution in [1.29, 1.82) is 0 Å². The summed E-state index contributed by atoms with van der Waals surface area (Å²) in [6.07, 6.45) is 6.44. The molecule has 1 heterocycles. The fraction of sp³-hybridized carbons (Fsp3) is 0.134. The second-order valence-corrected chi connectivity index (χ2v) is 19.8. The molecule has 0 spiro atoms. The van der Waals surface area contributed by atoms with E-state index in [1.54, 1.807) is 0 Å². The molecule has 0 N–H and O–H groups in total. The summed E-state index contributed by atoms with van der Waals surface area (Å²) < 4.78 is 2.41. The predicted octanol–water partition coefficient (Wildman–Crippen LogP) is 18.8. The molecule has 2 nitrogen and oxygen atoms in total. The molecule has 13 rings (SSSR count). The zero-order valence-electron chi connectivity index (χ0n) is 39.4. The fourth-order valence-corrected chi connectivity index (χ4v) is 12.4. The molecule has 0 amide bonds. The van der Waals surface area contributed by atoms with Gasteiger partial charge in [0.1, 0.15) is 0 Å². The Morgan fingerprint density at radius 1 is 0.420 bits per heavy atom. The van der Waals surface area contributed by atoms with Crippen molar-refractivity contribution < 1.29 is 0 Å². The molecule has 1 aromatic heterocycles. The molecule has 0 saturated heterocycles. The first-order chi connectivity index (χ1) is 34.0. The predicted molar refractivity (Wildman–Crippen MR) is 293 cm³/mol. The summed E-state index contributed by atoms with van der Waals surface area (Å²) in [5.41, 5.74) is 21.2. The second kappa shape index (κ2) is 16.7. The Bertz CT molecular complexity index is 3730. The quantitative estimate of drug-likeness (QED) is 0.148. The summed E-state index contributed by atoms with van der Waals surface area (Å²) in [4.78, 5) is 2.55. The molecule has 0 aliphatic heterocycles. The fourth-order valence-electron chi connectivity index (χ4n) is 12.4. The first kappa shape index (κ1) is 41.3. The van der Waals surface area contributed by atoms with Crippen molar-refractivity contribution in [3.8, 4) is 50.2 Å². The number of fused-ring (bicyclic) bond motifs is 7. The van der Waals surface area contributed by atoms with Gasteiger partial charge in [0.2, 0.25) is 0 Å². The van der Waals surface area contributed by atoms with E-state index in [1.165, 1.54) is 126 Å². The Kier molecular flexibility index (Phi) is 9.98. The van der Waals surface area contributed by atoms with E-state index >= 15 is 0 Å². The van der Waals surface area contributed by atoms with Gasteiger partial charge in [-0.15, -0.1) is 0 Å². The Morgan fingerprint density at radius 2 is 0.986 bits per heavy atom. The lowest BCUT2D eigenvalue weighted by Gasteiger charge is -2.31. The summed E-state index contributed by atoms with van der Waals surface area (Å²) in [6, 6.07) is 83.9. The standard InChI is InChI=1S/C67H54N2/c1-67(2)58-35-13-9-29-56(58)65-55(34-19-36-59(65)67)53-28-11-15-38-61(53)68(60-37-14-10-27-52(60)54-33-18-24-47-23-17-31-50(64(47)54)45-21-5-3-6-22-45)49-43-41-46(42-44-49)51-32-20-40-63-66(51)57-30-12-16-39-62(57)69(63)48-25-7-4-8-26-48/h4,7-20,23-45H,3,5-6,21-22H2,1-2H3. The van der Waals surface area contributed by atoms with Gasteiger partial charge < -0.3 is 9.47 Å². The van der Waals surface area contributed by atoms with Crippen LogP contribution in [0.1, 0.15) is 68.6 Å². The molecule has 11 aromatic rings. The van der Waals surface area contributed by atoms with Gasteiger partial charge in [-0.1, -0.05) is 209 Å². The summed E-state index contributed by atoms with van der Waals surface area (Å²) in [6.45, 7) is 4.76. The van der Waals surface area contributed by atoms with Crippen LogP contribution in [-0.2, 0) is 5.41 Å². The summed E-state index contributed by atoms with van der Waals surface area (Å²) >= 11 is 0. The van der Waals surface area contributed by atoms with Crippen LogP contribution in [0, 0.1) is 0 Å². The van der Waals surface area contributed by atoms with Crippen LogP contribution >= 0.6 is 0 Å². The van der Waals surface area contributed by atoms with Crippen molar-refractivity contribution >= 4 is 49.6 Å². The van der Waals surface area contributed by atoms with E-state index in [4.69, 9.17) is 0 Å². The van der Waals surface area contributed by atoms with E-state index in [-0.39, 0.29) is 5.41 Å². The molecule has 69 heavy (non-hydrogen) atoms. The Morgan fingerprint density at radius 3 is 1.77 bits per heavy atom. The van der Waals surface area contributed by atoms with E-state index in [2.05, 4.69) is 248 Å². The van der Waals surface area contributed by atoms with Gasteiger partial charge in [0.15, 0.2) is 0 Å². The second-order valence-electron chi connectivity index (χ2n) is 19.8. The highest BCUT2D eigenvalue weighted by Gasteiger charge is 2.37. The Balaban J connectivity index is 1.03. The van der Waals surface area contributed by atoms with Crippen LogP contribution in [0.2, 0.25) is 0 Å². The van der Waals surface area contributed by atoms with Gasteiger partial charge in [-0.05, 0) is 128 Å². The molecule has 1 fully saturated rings. The third-order valence-electron chi connectivity index (χ3n) is 15.6. The van der Waals surface area contributed by atoms with Crippen molar-refractivity contribution in [2.24, 2.45) is 0 Å². The van der Waals surface area contributed by atoms with Crippen LogP contribution in [0.15, 0.2) is 224 Å². The van der Waals surface area contributed by atoms with Crippen LogP contribution in [0.5, 0.6) is 0 Å².